The molecule has 1 aliphatic rings. The largest absolute Gasteiger partial charge is 0.463 e. The third-order valence-corrected chi connectivity index (χ3v) is 4.76. The Kier molecular flexibility index (Phi) is 5.30. The smallest absolute Gasteiger partial charge is 0.416 e. The van der Waals surface area contributed by atoms with Crippen LogP contribution < -0.4 is 10.2 Å². The molecule has 2 amide bonds. The summed E-state index contributed by atoms with van der Waals surface area (Å²) >= 11 is 0. The molecule has 3 aromatic rings. The van der Waals surface area contributed by atoms with E-state index in [0.29, 0.717) is 43.5 Å². The summed E-state index contributed by atoms with van der Waals surface area (Å²) in [5, 5.41) is 10.9. The van der Waals surface area contributed by atoms with Crippen LogP contribution in [0.3, 0.4) is 0 Å². The van der Waals surface area contributed by atoms with E-state index in [1.54, 1.807) is 23.3 Å². The zero-order valence-corrected chi connectivity index (χ0v) is 15.8. The maximum absolute atomic E-state index is 12.8. The summed E-state index contributed by atoms with van der Waals surface area (Å²) in [7, 11) is 0. The molecule has 7 nitrogen and oxygen atoms in total. The van der Waals surface area contributed by atoms with Gasteiger partial charge in [-0.05, 0) is 42.5 Å². The fraction of sp³-hybridized carbons (Fsp3) is 0.250. The van der Waals surface area contributed by atoms with Crippen LogP contribution in [0.25, 0.3) is 11.5 Å². The molecule has 4 rings (SSSR count). The number of carbonyl (C=O) groups is 1. The fourth-order valence-electron chi connectivity index (χ4n) is 3.16. The Bertz CT molecular complexity index is 998. The molecule has 1 aromatic carbocycles. The minimum absolute atomic E-state index is 0.108. The van der Waals surface area contributed by atoms with Crippen LogP contribution in [0.15, 0.2) is 59.2 Å². The standard InChI is InChI=1S/C20H18F3N5O2/c21-20(22,23)14-3-1-4-15(13-14)24-19(29)28-10-8-27(9-11-28)18-7-6-16(25-26-18)17-5-2-12-30-17/h1-7,12-13H,8-11H2,(H,24,29). The third-order valence-electron chi connectivity index (χ3n) is 4.76. The summed E-state index contributed by atoms with van der Waals surface area (Å²) in [6, 6.07) is 11.4. The van der Waals surface area contributed by atoms with Crippen LogP contribution in [0, 0.1) is 0 Å². The van der Waals surface area contributed by atoms with Crippen molar-refractivity contribution in [3.05, 3.63) is 60.4 Å². The zero-order valence-electron chi connectivity index (χ0n) is 15.8. The highest BCUT2D eigenvalue weighted by Crippen LogP contribution is 2.30. The van der Waals surface area contributed by atoms with Gasteiger partial charge in [0, 0.05) is 31.9 Å². The average Bonchev–Trinajstić information content (AvgIpc) is 3.28. The lowest BCUT2D eigenvalue weighted by atomic mass is 10.2. The molecule has 156 valence electrons. The summed E-state index contributed by atoms with van der Waals surface area (Å²) in [6.45, 7) is 1.88. The van der Waals surface area contributed by atoms with Crippen molar-refractivity contribution in [3.63, 3.8) is 0 Å². The number of urea groups is 1. The summed E-state index contributed by atoms with van der Waals surface area (Å²) in [5.41, 5.74) is -0.0684. The van der Waals surface area contributed by atoms with Gasteiger partial charge < -0.3 is 19.5 Å². The number of aromatic nitrogens is 2. The molecule has 1 N–H and O–H groups in total. The molecule has 30 heavy (non-hydrogen) atoms. The summed E-state index contributed by atoms with van der Waals surface area (Å²) in [4.78, 5) is 16.0. The van der Waals surface area contributed by atoms with Gasteiger partial charge in [0.15, 0.2) is 11.6 Å². The molecule has 0 radical (unpaired) electrons. The number of halogens is 3. The minimum atomic E-state index is -4.46. The fourth-order valence-corrected chi connectivity index (χ4v) is 3.16. The number of alkyl halides is 3. The maximum Gasteiger partial charge on any atom is 0.416 e. The minimum Gasteiger partial charge on any atom is -0.463 e. The average molecular weight is 417 g/mol. The number of furan rings is 1. The molecule has 0 atom stereocenters. The van der Waals surface area contributed by atoms with Crippen LogP contribution in [0.1, 0.15) is 5.56 Å². The zero-order chi connectivity index (χ0) is 21.1. The second-order valence-electron chi connectivity index (χ2n) is 6.74. The van der Waals surface area contributed by atoms with Gasteiger partial charge in [0.1, 0.15) is 5.69 Å². The number of piperazine rings is 1. The van der Waals surface area contributed by atoms with Crippen molar-refractivity contribution >= 4 is 17.5 Å². The molecule has 10 heteroatoms. The molecular weight excluding hydrogens is 399 g/mol. The first-order valence-corrected chi connectivity index (χ1v) is 9.26. The number of carbonyl (C=O) groups excluding carboxylic acids is 1. The first-order chi connectivity index (χ1) is 14.4. The first kappa shape index (κ1) is 19.7. The van der Waals surface area contributed by atoms with Crippen LogP contribution in [-0.4, -0.2) is 47.3 Å². The molecular formula is C20H18F3N5O2. The second-order valence-corrected chi connectivity index (χ2v) is 6.74. The molecule has 2 aromatic heterocycles. The number of rotatable bonds is 3. The molecule has 1 fully saturated rings. The Morgan fingerprint density at radius 2 is 1.80 bits per heavy atom. The third kappa shape index (κ3) is 4.37. The Balaban J connectivity index is 1.33. The topological polar surface area (TPSA) is 74.5 Å². The first-order valence-electron chi connectivity index (χ1n) is 9.26. The van der Waals surface area contributed by atoms with Crippen LogP contribution in [0.5, 0.6) is 0 Å². The van der Waals surface area contributed by atoms with E-state index in [-0.39, 0.29) is 5.69 Å². The summed E-state index contributed by atoms with van der Waals surface area (Å²) < 4.78 is 43.8. The van der Waals surface area contributed by atoms with Gasteiger partial charge in [0.2, 0.25) is 0 Å². The Labute approximate surface area is 170 Å². The van der Waals surface area contributed by atoms with Crippen molar-refractivity contribution in [2.45, 2.75) is 6.18 Å². The highest BCUT2D eigenvalue weighted by atomic mass is 19.4. The normalized spacial score (nSPS) is 14.6. The van der Waals surface area contributed by atoms with E-state index in [1.807, 2.05) is 17.0 Å². The van der Waals surface area contributed by atoms with Gasteiger partial charge in [-0.1, -0.05) is 6.07 Å². The molecule has 1 saturated heterocycles. The highest BCUT2D eigenvalue weighted by Gasteiger charge is 2.30. The van der Waals surface area contributed by atoms with Crippen molar-refractivity contribution in [2.75, 3.05) is 36.4 Å². The van der Waals surface area contributed by atoms with Gasteiger partial charge in [-0.15, -0.1) is 10.2 Å². The maximum atomic E-state index is 12.8. The SMILES string of the molecule is O=C(Nc1cccc(C(F)(F)F)c1)N1CCN(c2ccc(-c3ccco3)nn2)CC1. The lowest BCUT2D eigenvalue weighted by Crippen LogP contribution is -2.50. The van der Waals surface area contributed by atoms with E-state index in [2.05, 4.69) is 15.5 Å². The number of amides is 2. The van der Waals surface area contributed by atoms with E-state index >= 15 is 0 Å². The van der Waals surface area contributed by atoms with Gasteiger partial charge in [0.05, 0.1) is 11.8 Å². The van der Waals surface area contributed by atoms with E-state index in [4.69, 9.17) is 4.42 Å². The number of benzene rings is 1. The second kappa shape index (κ2) is 8.05. The monoisotopic (exact) mass is 417 g/mol. The molecule has 0 bridgehead atoms. The van der Waals surface area contributed by atoms with E-state index in [1.165, 1.54) is 12.1 Å². The molecule has 3 heterocycles. The van der Waals surface area contributed by atoms with Crippen molar-refractivity contribution in [1.82, 2.24) is 15.1 Å². The Hall–Kier alpha value is -3.56. The van der Waals surface area contributed by atoms with Crippen LogP contribution >= 0.6 is 0 Å². The van der Waals surface area contributed by atoms with Crippen LogP contribution in [-0.2, 0) is 6.18 Å². The van der Waals surface area contributed by atoms with Gasteiger partial charge in [-0.25, -0.2) is 4.79 Å². The molecule has 0 aliphatic carbocycles. The van der Waals surface area contributed by atoms with Crippen molar-refractivity contribution < 1.29 is 22.4 Å². The van der Waals surface area contributed by atoms with E-state index in [0.717, 1.165) is 12.1 Å². The molecule has 1 aliphatic heterocycles. The van der Waals surface area contributed by atoms with Gasteiger partial charge >= 0.3 is 12.2 Å². The molecule has 0 spiro atoms. The van der Waals surface area contributed by atoms with Crippen molar-refractivity contribution in [3.8, 4) is 11.5 Å². The highest BCUT2D eigenvalue weighted by molar-refractivity contribution is 5.89. The summed E-state index contributed by atoms with van der Waals surface area (Å²) in [5.74, 6) is 1.31. The number of nitrogens with one attached hydrogen (secondary N) is 1. The van der Waals surface area contributed by atoms with Gasteiger partial charge in [-0.3, -0.25) is 0 Å². The number of anilines is 2. The Morgan fingerprint density at radius 3 is 2.43 bits per heavy atom. The van der Waals surface area contributed by atoms with Gasteiger partial charge in [0.25, 0.3) is 0 Å². The summed E-state index contributed by atoms with van der Waals surface area (Å²) in [6.07, 6.45) is -2.89. The number of nitrogens with zero attached hydrogens (tertiary/aromatic N) is 4. The van der Waals surface area contributed by atoms with Crippen LogP contribution in [0.2, 0.25) is 0 Å². The molecule has 0 saturated carbocycles. The lowest BCUT2D eigenvalue weighted by Gasteiger charge is -2.35. The number of hydrogen-bond donors (Lipinski definition) is 1. The molecule has 0 unspecified atom stereocenters. The van der Waals surface area contributed by atoms with Crippen molar-refractivity contribution in [1.29, 1.82) is 0 Å². The van der Waals surface area contributed by atoms with Gasteiger partial charge in [-0.2, -0.15) is 13.2 Å². The Morgan fingerprint density at radius 1 is 1.00 bits per heavy atom. The predicted molar refractivity (Wildman–Crippen MR) is 104 cm³/mol. The number of hydrogen-bond acceptors (Lipinski definition) is 5. The lowest BCUT2D eigenvalue weighted by molar-refractivity contribution is -0.137. The van der Waals surface area contributed by atoms with Crippen LogP contribution in [0.4, 0.5) is 29.5 Å². The van der Waals surface area contributed by atoms with Crippen molar-refractivity contribution in [2.24, 2.45) is 0 Å². The van der Waals surface area contributed by atoms with E-state index in [9.17, 15) is 18.0 Å². The van der Waals surface area contributed by atoms with E-state index < -0.39 is 17.8 Å². The predicted octanol–water partition coefficient (Wildman–Crippen LogP) is 4.11. The quantitative estimate of drug-likeness (QED) is 0.694.